The maximum absolute atomic E-state index is 12.3. The number of halogens is 3. The Kier molecular flexibility index (Phi) is 6.42. The molecule has 0 fully saturated rings. The molecule has 1 atom stereocenters. The maximum atomic E-state index is 12.3. The number of alkyl halides is 3. The topological polar surface area (TPSA) is 54.4 Å². The molecule has 21 heavy (non-hydrogen) atoms. The fourth-order valence-corrected chi connectivity index (χ4v) is 1.60. The van der Waals surface area contributed by atoms with Crippen molar-refractivity contribution in [3.63, 3.8) is 0 Å². The predicted molar refractivity (Wildman–Crippen MR) is 73.1 cm³/mol. The molecule has 0 aliphatic carbocycles. The minimum Gasteiger partial charge on any atom is -0.489 e. The van der Waals surface area contributed by atoms with Crippen LogP contribution in [0.1, 0.15) is 25.2 Å². The third-order valence-electron chi connectivity index (χ3n) is 2.69. The normalized spacial score (nSPS) is 13.5. The average Bonchev–Trinajstić information content (AvgIpc) is 2.35. The van der Waals surface area contributed by atoms with Crippen molar-refractivity contribution in [1.82, 2.24) is 10.3 Å². The fraction of sp³-hybridized carbons (Fsp3) is 0.643. The first-order valence-corrected chi connectivity index (χ1v) is 6.75. The van der Waals surface area contributed by atoms with E-state index in [1.807, 2.05) is 13.8 Å². The van der Waals surface area contributed by atoms with Gasteiger partial charge < -0.3 is 15.2 Å². The van der Waals surface area contributed by atoms with Crippen molar-refractivity contribution in [3.05, 3.63) is 23.5 Å². The van der Waals surface area contributed by atoms with Gasteiger partial charge in [-0.2, -0.15) is 13.2 Å². The highest BCUT2D eigenvalue weighted by atomic mass is 19.4. The molecule has 1 unspecified atom stereocenters. The number of hydrogen-bond donors (Lipinski definition) is 2. The summed E-state index contributed by atoms with van der Waals surface area (Å²) in [4.78, 5) is 4.26. The quantitative estimate of drug-likeness (QED) is 0.812. The molecule has 7 heteroatoms. The number of pyridine rings is 1. The number of nitrogens with zero attached hydrogens (tertiary/aromatic N) is 1. The van der Waals surface area contributed by atoms with E-state index in [9.17, 15) is 13.2 Å². The Labute approximate surface area is 122 Å². The highest BCUT2D eigenvalue weighted by Gasteiger charge is 2.38. The van der Waals surface area contributed by atoms with Gasteiger partial charge in [0.15, 0.2) is 6.10 Å². The van der Waals surface area contributed by atoms with Crippen LogP contribution < -0.4 is 10.1 Å². The largest absolute Gasteiger partial charge is 0.489 e. The van der Waals surface area contributed by atoms with Gasteiger partial charge in [-0.15, -0.1) is 0 Å². The minimum absolute atomic E-state index is 0.250. The van der Waals surface area contributed by atoms with E-state index in [1.54, 1.807) is 19.1 Å². The number of aliphatic hydroxyl groups is 1. The van der Waals surface area contributed by atoms with Crippen molar-refractivity contribution >= 4 is 0 Å². The first-order valence-electron chi connectivity index (χ1n) is 6.75. The molecule has 0 spiro atoms. The molecule has 0 radical (unpaired) electrons. The van der Waals surface area contributed by atoms with Crippen LogP contribution >= 0.6 is 0 Å². The van der Waals surface area contributed by atoms with E-state index in [1.165, 1.54) is 0 Å². The first-order chi connectivity index (χ1) is 9.70. The summed E-state index contributed by atoms with van der Waals surface area (Å²) in [5, 5.41) is 12.1. The number of hydrogen-bond acceptors (Lipinski definition) is 4. The second-order valence-corrected chi connectivity index (χ2v) is 5.29. The van der Waals surface area contributed by atoms with Crippen molar-refractivity contribution in [3.8, 4) is 5.75 Å². The summed E-state index contributed by atoms with van der Waals surface area (Å²) < 4.78 is 41.8. The van der Waals surface area contributed by atoms with E-state index in [0.717, 1.165) is 12.2 Å². The second-order valence-electron chi connectivity index (χ2n) is 5.29. The highest BCUT2D eigenvalue weighted by molar-refractivity contribution is 5.29. The average molecular weight is 306 g/mol. The molecule has 0 aliphatic rings. The summed E-state index contributed by atoms with van der Waals surface area (Å²) >= 11 is 0. The van der Waals surface area contributed by atoms with Crippen molar-refractivity contribution in [2.24, 2.45) is 5.92 Å². The zero-order valence-electron chi connectivity index (χ0n) is 12.4. The van der Waals surface area contributed by atoms with Gasteiger partial charge in [0.25, 0.3) is 0 Å². The maximum Gasteiger partial charge on any atom is 0.417 e. The molecule has 0 amide bonds. The molecule has 2 N–H and O–H groups in total. The lowest BCUT2D eigenvalue weighted by Crippen LogP contribution is -2.34. The van der Waals surface area contributed by atoms with Gasteiger partial charge in [-0.05, 0) is 31.5 Å². The smallest absolute Gasteiger partial charge is 0.417 e. The minimum atomic E-state index is -4.69. The van der Waals surface area contributed by atoms with E-state index >= 15 is 0 Å². The Morgan fingerprint density at radius 3 is 2.57 bits per heavy atom. The number of rotatable bonds is 7. The standard InChI is InChI=1S/C14H21F3N2O2/c1-9(2)6-18-7-11-12(5-4-10(3)19-11)21-8-13(20)14(15,16)17/h4-5,9,13,18,20H,6-8H2,1-3H3. The van der Waals surface area contributed by atoms with E-state index < -0.39 is 18.9 Å². The first kappa shape index (κ1) is 17.7. The van der Waals surface area contributed by atoms with Gasteiger partial charge in [0.1, 0.15) is 12.4 Å². The Hall–Kier alpha value is -1.34. The molecule has 1 aromatic rings. The van der Waals surface area contributed by atoms with Crippen LogP contribution in [-0.4, -0.2) is 35.5 Å². The number of aryl methyl sites for hydroxylation is 1. The molecule has 0 saturated heterocycles. The molecular formula is C14H21F3N2O2. The Morgan fingerprint density at radius 1 is 1.33 bits per heavy atom. The molecule has 1 heterocycles. The fourth-order valence-electron chi connectivity index (χ4n) is 1.60. The molecule has 4 nitrogen and oxygen atoms in total. The predicted octanol–water partition coefficient (Wildman–Crippen LogP) is 2.44. The number of ether oxygens (including phenoxy) is 1. The van der Waals surface area contributed by atoms with E-state index in [-0.39, 0.29) is 5.75 Å². The zero-order valence-corrected chi connectivity index (χ0v) is 12.4. The van der Waals surface area contributed by atoms with Crippen molar-refractivity contribution < 1.29 is 23.0 Å². The summed E-state index contributed by atoms with van der Waals surface area (Å²) in [6.07, 6.45) is -7.19. The van der Waals surface area contributed by atoms with Gasteiger partial charge in [-0.25, -0.2) is 0 Å². The van der Waals surface area contributed by atoms with Gasteiger partial charge in [-0.1, -0.05) is 13.8 Å². The molecule has 0 aliphatic heterocycles. The lowest BCUT2D eigenvalue weighted by atomic mass is 10.2. The van der Waals surface area contributed by atoms with Crippen LogP contribution in [0.3, 0.4) is 0 Å². The van der Waals surface area contributed by atoms with Crippen LogP contribution in [0.2, 0.25) is 0 Å². The number of aromatic nitrogens is 1. The molecule has 1 rings (SSSR count). The van der Waals surface area contributed by atoms with Crippen LogP contribution in [0.4, 0.5) is 13.2 Å². The van der Waals surface area contributed by atoms with E-state index in [4.69, 9.17) is 9.84 Å². The SMILES string of the molecule is Cc1ccc(OCC(O)C(F)(F)F)c(CNCC(C)C)n1. The van der Waals surface area contributed by atoms with Gasteiger partial charge in [0.2, 0.25) is 0 Å². The third kappa shape index (κ3) is 6.31. The van der Waals surface area contributed by atoms with Crippen LogP contribution in [0, 0.1) is 12.8 Å². The molecule has 0 bridgehead atoms. The van der Waals surface area contributed by atoms with Gasteiger partial charge in [0, 0.05) is 12.2 Å². The Bertz CT molecular complexity index is 450. The number of nitrogens with one attached hydrogen (secondary N) is 1. The van der Waals surface area contributed by atoms with Crippen LogP contribution in [0.25, 0.3) is 0 Å². The van der Waals surface area contributed by atoms with Crippen LogP contribution in [-0.2, 0) is 6.54 Å². The molecule has 0 saturated carbocycles. The second kappa shape index (κ2) is 7.61. The van der Waals surface area contributed by atoms with Gasteiger partial charge in [-0.3, -0.25) is 4.98 Å². The molecule has 1 aromatic heterocycles. The van der Waals surface area contributed by atoms with Crippen molar-refractivity contribution in [1.29, 1.82) is 0 Å². The molecular weight excluding hydrogens is 285 g/mol. The molecule has 120 valence electrons. The van der Waals surface area contributed by atoms with Crippen LogP contribution in [0.15, 0.2) is 12.1 Å². The summed E-state index contributed by atoms with van der Waals surface area (Å²) in [7, 11) is 0. The summed E-state index contributed by atoms with van der Waals surface area (Å²) in [6, 6.07) is 3.22. The highest BCUT2D eigenvalue weighted by Crippen LogP contribution is 2.22. The zero-order chi connectivity index (χ0) is 16.0. The van der Waals surface area contributed by atoms with Gasteiger partial charge >= 0.3 is 6.18 Å². The number of aliphatic hydroxyl groups excluding tert-OH is 1. The van der Waals surface area contributed by atoms with E-state index in [0.29, 0.717) is 18.2 Å². The summed E-state index contributed by atoms with van der Waals surface area (Å²) in [6.45, 7) is 6.21. The molecule has 0 aromatic carbocycles. The lowest BCUT2D eigenvalue weighted by molar-refractivity contribution is -0.210. The van der Waals surface area contributed by atoms with Crippen molar-refractivity contribution in [2.45, 2.75) is 39.6 Å². The third-order valence-corrected chi connectivity index (χ3v) is 2.69. The Morgan fingerprint density at radius 2 is 2.00 bits per heavy atom. The summed E-state index contributed by atoms with van der Waals surface area (Å²) in [5.41, 5.74) is 1.28. The summed E-state index contributed by atoms with van der Waals surface area (Å²) in [5.74, 6) is 0.700. The van der Waals surface area contributed by atoms with E-state index in [2.05, 4.69) is 10.3 Å². The van der Waals surface area contributed by atoms with Gasteiger partial charge in [0.05, 0.1) is 5.69 Å². The Balaban J connectivity index is 2.68. The van der Waals surface area contributed by atoms with Crippen LogP contribution in [0.5, 0.6) is 5.75 Å². The lowest BCUT2D eigenvalue weighted by Gasteiger charge is -2.17. The van der Waals surface area contributed by atoms with Crippen molar-refractivity contribution in [2.75, 3.05) is 13.2 Å². The monoisotopic (exact) mass is 306 g/mol.